The maximum atomic E-state index is 9.62. The largest absolute Gasteiger partial charge is 0.480 e. The fourth-order valence-corrected chi connectivity index (χ4v) is 0. The SMILES string of the molecule is CC(S)C(=O)O.[Cd]. The van der Waals surface area contributed by atoms with E-state index >= 15 is 0 Å². The Morgan fingerprint density at radius 3 is 2.00 bits per heavy atom. The monoisotopic (exact) mass is 220 g/mol. The zero-order chi connectivity index (χ0) is 5.15. The van der Waals surface area contributed by atoms with Crippen LogP contribution in [0.25, 0.3) is 0 Å². The smallest absolute Gasteiger partial charge is 0.316 e. The van der Waals surface area contributed by atoms with E-state index in [-0.39, 0.29) is 27.3 Å². The van der Waals surface area contributed by atoms with Gasteiger partial charge in [0.05, 0.1) is 5.25 Å². The fourth-order valence-electron chi connectivity index (χ4n) is 0. The van der Waals surface area contributed by atoms with Gasteiger partial charge in [0.1, 0.15) is 0 Å². The summed E-state index contributed by atoms with van der Waals surface area (Å²) in [4.78, 5) is 9.62. The summed E-state index contributed by atoms with van der Waals surface area (Å²) in [6.07, 6.45) is 0. The molecule has 0 amide bonds. The molecule has 38 valence electrons. The minimum absolute atomic E-state index is 0. The van der Waals surface area contributed by atoms with E-state index in [1.807, 2.05) is 0 Å². The minimum Gasteiger partial charge on any atom is -0.480 e. The van der Waals surface area contributed by atoms with Crippen LogP contribution in [0.3, 0.4) is 0 Å². The van der Waals surface area contributed by atoms with Crippen LogP contribution in [0.1, 0.15) is 6.92 Å². The molecule has 2 nitrogen and oxygen atoms in total. The van der Waals surface area contributed by atoms with Crippen LogP contribution in [0, 0.1) is 0 Å². The molecule has 0 saturated heterocycles. The Hall–Kier alpha value is 0.742. The molecule has 0 saturated carbocycles. The van der Waals surface area contributed by atoms with E-state index in [9.17, 15) is 4.79 Å². The number of rotatable bonds is 1. The average Bonchev–Trinajstić information content (AvgIpc) is 1.36. The number of hydrogen-bond acceptors (Lipinski definition) is 2. The number of carboxylic acid groups (broad SMARTS) is 1. The predicted molar refractivity (Wildman–Crippen MR) is 26.1 cm³/mol. The summed E-state index contributed by atoms with van der Waals surface area (Å²) < 4.78 is 0. The maximum absolute atomic E-state index is 9.62. The Labute approximate surface area is 67.9 Å². The van der Waals surface area contributed by atoms with E-state index in [2.05, 4.69) is 12.6 Å². The van der Waals surface area contributed by atoms with E-state index in [0.717, 1.165) is 0 Å². The van der Waals surface area contributed by atoms with Crippen LogP contribution in [-0.2, 0) is 32.1 Å². The second-order valence-corrected chi connectivity index (χ2v) is 1.79. The van der Waals surface area contributed by atoms with Crippen LogP contribution in [0.2, 0.25) is 0 Å². The standard InChI is InChI=1S/C3H6O2S.Cd/c1-2(6)3(4)5;/h2,6H,1H3,(H,4,5);. The van der Waals surface area contributed by atoms with Crippen molar-refractivity contribution in [1.82, 2.24) is 0 Å². The van der Waals surface area contributed by atoms with Crippen molar-refractivity contribution >= 4 is 18.6 Å². The first-order valence-corrected chi connectivity index (χ1v) is 2.07. The molecule has 0 radical (unpaired) electrons. The zero-order valence-electron chi connectivity index (χ0n) is 4.09. The van der Waals surface area contributed by atoms with Crippen LogP contribution in [0.15, 0.2) is 0 Å². The quantitative estimate of drug-likeness (QED) is 0.494. The van der Waals surface area contributed by atoms with E-state index < -0.39 is 11.2 Å². The van der Waals surface area contributed by atoms with Crippen LogP contribution < -0.4 is 0 Å². The Kier molecular flexibility index (Phi) is 7.46. The molecule has 0 heterocycles. The van der Waals surface area contributed by atoms with Gasteiger partial charge in [-0.3, -0.25) is 4.79 Å². The van der Waals surface area contributed by atoms with Crippen LogP contribution in [0.5, 0.6) is 0 Å². The Balaban J connectivity index is 0. The molecule has 1 unspecified atom stereocenters. The van der Waals surface area contributed by atoms with Gasteiger partial charge < -0.3 is 5.11 Å². The van der Waals surface area contributed by atoms with Gasteiger partial charge in [-0.05, 0) is 6.92 Å². The van der Waals surface area contributed by atoms with Crippen molar-refractivity contribution in [2.45, 2.75) is 12.2 Å². The molecule has 0 aliphatic carbocycles. The molecule has 4 heteroatoms. The Morgan fingerprint density at radius 1 is 1.86 bits per heavy atom. The number of thiol groups is 1. The summed E-state index contributed by atoms with van der Waals surface area (Å²) in [6.45, 7) is 1.51. The predicted octanol–water partition coefficient (Wildman–Crippen LogP) is 0.387. The first-order chi connectivity index (χ1) is 2.64. The van der Waals surface area contributed by atoms with Crippen LogP contribution in [-0.4, -0.2) is 16.3 Å². The summed E-state index contributed by atoms with van der Waals surface area (Å²) in [5.74, 6) is -0.877. The van der Waals surface area contributed by atoms with Crippen LogP contribution in [0.4, 0.5) is 0 Å². The molecule has 7 heavy (non-hydrogen) atoms. The minimum atomic E-state index is -0.877. The van der Waals surface area contributed by atoms with E-state index in [4.69, 9.17) is 5.11 Å². The van der Waals surface area contributed by atoms with Crippen molar-refractivity contribution in [2.24, 2.45) is 0 Å². The molecule has 0 aromatic carbocycles. The fraction of sp³-hybridized carbons (Fsp3) is 0.667. The number of carboxylic acids is 1. The Bertz CT molecular complexity index is 64.0. The normalized spacial score (nSPS) is 11.7. The molecular formula is C3H6CdO2S. The summed E-state index contributed by atoms with van der Waals surface area (Å²) in [7, 11) is 0. The molecule has 0 bridgehead atoms. The van der Waals surface area contributed by atoms with E-state index in [1.54, 1.807) is 0 Å². The Morgan fingerprint density at radius 2 is 2.00 bits per heavy atom. The van der Waals surface area contributed by atoms with E-state index in [0.29, 0.717) is 0 Å². The summed E-state index contributed by atoms with van der Waals surface area (Å²) in [6, 6.07) is 0. The van der Waals surface area contributed by atoms with Gasteiger partial charge >= 0.3 is 5.97 Å². The second kappa shape index (κ2) is 4.89. The third-order valence-electron chi connectivity index (χ3n) is 0.357. The molecule has 1 atom stereocenters. The first-order valence-electron chi connectivity index (χ1n) is 1.55. The van der Waals surface area contributed by atoms with E-state index in [1.165, 1.54) is 6.92 Å². The van der Waals surface area contributed by atoms with Gasteiger partial charge in [0.25, 0.3) is 0 Å². The third kappa shape index (κ3) is 6.74. The first kappa shape index (κ1) is 10.7. The van der Waals surface area contributed by atoms with Crippen molar-refractivity contribution in [3.63, 3.8) is 0 Å². The van der Waals surface area contributed by atoms with Crippen molar-refractivity contribution in [1.29, 1.82) is 0 Å². The van der Waals surface area contributed by atoms with Gasteiger partial charge in [0.2, 0.25) is 0 Å². The number of carbonyl (C=O) groups is 1. The van der Waals surface area contributed by atoms with Crippen molar-refractivity contribution < 1.29 is 37.2 Å². The maximum Gasteiger partial charge on any atom is 0.316 e. The average molecular weight is 219 g/mol. The van der Waals surface area contributed by atoms with Crippen molar-refractivity contribution in [3.8, 4) is 0 Å². The van der Waals surface area contributed by atoms with Gasteiger partial charge in [-0.15, -0.1) is 0 Å². The molecule has 0 rings (SSSR count). The summed E-state index contributed by atoms with van der Waals surface area (Å²) >= 11 is 3.59. The molecule has 0 fully saturated rings. The molecule has 0 aliphatic heterocycles. The van der Waals surface area contributed by atoms with Gasteiger partial charge in [-0.2, -0.15) is 12.6 Å². The topological polar surface area (TPSA) is 37.3 Å². The molecule has 1 N–H and O–H groups in total. The zero-order valence-corrected chi connectivity index (χ0v) is 9.02. The van der Waals surface area contributed by atoms with Crippen molar-refractivity contribution in [3.05, 3.63) is 0 Å². The molecule has 0 spiro atoms. The van der Waals surface area contributed by atoms with Gasteiger partial charge in [0.15, 0.2) is 0 Å². The molecular weight excluding hydrogens is 213 g/mol. The van der Waals surface area contributed by atoms with Gasteiger partial charge in [0, 0.05) is 27.3 Å². The number of hydrogen-bond donors (Lipinski definition) is 2. The molecule has 0 aromatic rings. The van der Waals surface area contributed by atoms with Gasteiger partial charge in [-0.1, -0.05) is 0 Å². The van der Waals surface area contributed by atoms with Crippen LogP contribution >= 0.6 is 12.6 Å². The molecule has 0 aromatic heterocycles. The number of aliphatic carboxylic acids is 1. The summed E-state index contributed by atoms with van der Waals surface area (Å²) in [5.41, 5.74) is 0. The second-order valence-electron chi connectivity index (χ2n) is 1.01. The third-order valence-corrected chi connectivity index (χ3v) is 0.578. The summed E-state index contributed by atoms with van der Waals surface area (Å²) in [5, 5.41) is 7.38. The molecule has 0 aliphatic rings. The van der Waals surface area contributed by atoms with Gasteiger partial charge in [-0.25, -0.2) is 0 Å². The van der Waals surface area contributed by atoms with Crippen molar-refractivity contribution in [2.75, 3.05) is 0 Å².